The molecular weight excluding hydrogens is 1080 g/mol. The molecule has 2 unspecified atom stereocenters. The Morgan fingerprint density at radius 3 is 0.977 bits per heavy atom. The van der Waals surface area contributed by atoms with Crippen molar-refractivity contribution < 1.29 is 42.9 Å². The fraction of sp³-hybridized carbons (Fsp3) is 0.756. The van der Waals surface area contributed by atoms with Crippen molar-refractivity contribution in [1.82, 2.24) is 0 Å². The quantitative estimate of drug-likeness (QED) is 0.0195. The Morgan fingerprint density at radius 2 is 0.655 bits per heavy atom. The molecule has 9 nitrogen and oxygen atoms in total. The number of esters is 2. The van der Waals surface area contributed by atoms with E-state index in [4.69, 9.17) is 18.9 Å². The monoisotopic (exact) mass is 1220 g/mol. The third-order valence-corrected chi connectivity index (χ3v) is 15.8. The standard InChI is InChI=1S/C78H137NO8/c1-6-8-10-12-14-16-18-20-22-24-26-28-30-32-34-36-37-38-39-41-42-44-46-48-50-52-54-56-58-60-62-64-66-68-75(80)85-72-74(73-86-78(77(82)83)84-71-70-79(3,4)5)87-76(81)69-67-65-63-61-59-57-55-53-51-49-47-45-43-40-35-33-31-29-27-25-23-21-19-17-15-13-11-9-7-2/h9,11,15,17,21,23,27,29,33,35,43,45,49,51,55,57,74,78H,6-8,10,12-14,16,18-20,22,24-26,28,30-32,34,36-42,44,46-48,50,52-54,56,58-73H2,1-5H3/b11-9-,17-15-,23-21-,29-27-,35-33-,45-43-,51-49-,57-55-. The lowest BCUT2D eigenvalue weighted by atomic mass is 10.0. The summed E-state index contributed by atoms with van der Waals surface area (Å²) in [6.45, 7) is 4.64. The van der Waals surface area contributed by atoms with E-state index in [-0.39, 0.29) is 38.6 Å². The van der Waals surface area contributed by atoms with Gasteiger partial charge >= 0.3 is 11.9 Å². The number of ether oxygens (including phenoxy) is 4. The predicted octanol–water partition coefficient (Wildman–Crippen LogP) is 21.5. The number of carbonyl (C=O) groups is 3. The fourth-order valence-electron chi connectivity index (χ4n) is 10.3. The molecule has 0 rings (SSSR count). The number of quaternary nitrogens is 1. The van der Waals surface area contributed by atoms with Gasteiger partial charge in [-0.3, -0.25) is 9.59 Å². The Morgan fingerprint density at radius 1 is 0.356 bits per heavy atom. The lowest BCUT2D eigenvalue weighted by molar-refractivity contribution is -0.870. The molecule has 0 N–H and O–H groups in total. The highest BCUT2D eigenvalue weighted by molar-refractivity contribution is 5.70. The summed E-state index contributed by atoms with van der Waals surface area (Å²) in [6, 6.07) is 0. The maximum absolute atomic E-state index is 12.9. The van der Waals surface area contributed by atoms with Crippen LogP contribution >= 0.6 is 0 Å². The van der Waals surface area contributed by atoms with Crippen LogP contribution in [-0.2, 0) is 33.3 Å². The number of unbranched alkanes of at least 4 members (excludes halogenated alkanes) is 36. The van der Waals surface area contributed by atoms with Crippen molar-refractivity contribution in [3.8, 4) is 0 Å². The van der Waals surface area contributed by atoms with Crippen LogP contribution in [0, 0.1) is 0 Å². The van der Waals surface area contributed by atoms with Crippen LogP contribution in [0.5, 0.6) is 0 Å². The van der Waals surface area contributed by atoms with E-state index in [2.05, 4.69) is 111 Å². The molecule has 0 aliphatic rings. The first kappa shape index (κ1) is 83.2. The lowest BCUT2D eigenvalue weighted by Gasteiger charge is -2.26. The minimum atomic E-state index is -1.63. The number of likely N-dealkylation sites (N-methyl/N-ethyl adjacent to an activating group) is 1. The first-order valence-electron chi connectivity index (χ1n) is 36.4. The summed E-state index contributed by atoms with van der Waals surface area (Å²) in [5, 5.41) is 11.8. The Bertz CT molecular complexity index is 1750. The number of nitrogens with zero attached hydrogens (tertiary/aromatic N) is 1. The van der Waals surface area contributed by atoms with Crippen LogP contribution in [0.15, 0.2) is 97.2 Å². The maximum Gasteiger partial charge on any atom is 0.306 e. The molecule has 9 heteroatoms. The average molecular weight is 1220 g/mol. The summed E-state index contributed by atoms with van der Waals surface area (Å²) >= 11 is 0. The van der Waals surface area contributed by atoms with Crippen molar-refractivity contribution in [2.24, 2.45) is 0 Å². The Balaban J connectivity index is 4.13. The summed E-state index contributed by atoms with van der Waals surface area (Å²) in [7, 11) is 5.92. The van der Waals surface area contributed by atoms with Crippen molar-refractivity contribution in [3.05, 3.63) is 97.2 Å². The van der Waals surface area contributed by atoms with Gasteiger partial charge in [0.1, 0.15) is 13.2 Å². The highest BCUT2D eigenvalue weighted by Gasteiger charge is 2.22. The number of hydrogen-bond donors (Lipinski definition) is 0. The number of rotatable bonds is 67. The molecule has 0 heterocycles. The van der Waals surface area contributed by atoms with Crippen LogP contribution < -0.4 is 5.11 Å². The Hall–Kier alpha value is -3.79. The number of hydrogen-bond acceptors (Lipinski definition) is 8. The first-order chi connectivity index (χ1) is 42.6. The first-order valence-corrected chi connectivity index (χ1v) is 36.4. The highest BCUT2D eigenvalue weighted by atomic mass is 16.7. The van der Waals surface area contributed by atoms with Crippen molar-refractivity contribution >= 4 is 17.9 Å². The summed E-state index contributed by atoms with van der Waals surface area (Å²) in [5.74, 6) is -2.31. The van der Waals surface area contributed by atoms with Gasteiger partial charge in [0.15, 0.2) is 12.4 Å². The molecule has 0 amide bonds. The smallest absolute Gasteiger partial charge is 0.306 e. The van der Waals surface area contributed by atoms with Crippen molar-refractivity contribution in [1.29, 1.82) is 0 Å². The van der Waals surface area contributed by atoms with E-state index in [1.54, 1.807) is 0 Å². The molecule has 0 spiro atoms. The van der Waals surface area contributed by atoms with E-state index in [0.29, 0.717) is 17.4 Å². The minimum absolute atomic E-state index is 0.139. The van der Waals surface area contributed by atoms with Gasteiger partial charge < -0.3 is 33.3 Å². The van der Waals surface area contributed by atoms with Gasteiger partial charge in [0, 0.05) is 12.8 Å². The number of allylic oxidation sites excluding steroid dienone is 16. The second-order valence-electron chi connectivity index (χ2n) is 25.5. The molecule has 0 aromatic heterocycles. The Labute approximate surface area is 537 Å². The van der Waals surface area contributed by atoms with Gasteiger partial charge in [0.25, 0.3) is 0 Å². The topological polar surface area (TPSA) is 111 Å². The van der Waals surface area contributed by atoms with Crippen LogP contribution in [0.1, 0.15) is 322 Å². The molecule has 87 heavy (non-hydrogen) atoms. The predicted molar refractivity (Wildman–Crippen MR) is 371 cm³/mol. The second-order valence-corrected chi connectivity index (χ2v) is 25.5. The van der Waals surface area contributed by atoms with Gasteiger partial charge in [0.2, 0.25) is 0 Å². The third-order valence-electron chi connectivity index (χ3n) is 15.8. The molecule has 0 fully saturated rings. The SMILES string of the molecule is CC/C=C\C/C=C\C/C=C\C/C=C\C/C=C\C/C=C\C/C=C\C/C=C\CCCCCCC(=O)OC(COC(=O)CCCCCCCCCCCCCCCCCCCCCCCCCCCCCCCCCCC)COC(OCC[N+](C)(C)C)C(=O)[O-]. The van der Waals surface area contributed by atoms with Gasteiger partial charge in [-0.05, 0) is 77.0 Å². The zero-order chi connectivity index (χ0) is 63.3. The van der Waals surface area contributed by atoms with Crippen LogP contribution in [0.3, 0.4) is 0 Å². The fourth-order valence-corrected chi connectivity index (χ4v) is 10.3. The summed E-state index contributed by atoms with van der Waals surface area (Å²) in [5.41, 5.74) is 0. The van der Waals surface area contributed by atoms with Gasteiger partial charge in [-0.25, -0.2) is 0 Å². The third kappa shape index (κ3) is 69.5. The molecule has 0 aromatic carbocycles. The summed E-state index contributed by atoms with van der Waals surface area (Å²) in [4.78, 5) is 37.5. The van der Waals surface area contributed by atoms with Gasteiger partial charge in [-0.15, -0.1) is 0 Å². The molecule has 0 radical (unpaired) electrons. The number of carbonyl (C=O) groups excluding carboxylic acids is 3. The van der Waals surface area contributed by atoms with Gasteiger partial charge in [-0.2, -0.15) is 0 Å². The van der Waals surface area contributed by atoms with E-state index in [9.17, 15) is 19.5 Å². The molecule has 2 atom stereocenters. The molecule has 0 aromatic rings. The maximum atomic E-state index is 12.9. The molecule has 0 saturated carbocycles. The van der Waals surface area contributed by atoms with Crippen LogP contribution in [0.2, 0.25) is 0 Å². The van der Waals surface area contributed by atoms with Crippen molar-refractivity contribution in [2.45, 2.75) is 334 Å². The molecule has 502 valence electrons. The van der Waals surface area contributed by atoms with Gasteiger partial charge in [0.05, 0.1) is 40.3 Å². The van der Waals surface area contributed by atoms with E-state index in [0.717, 1.165) is 96.3 Å². The number of carboxylic acids is 1. The lowest BCUT2D eigenvalue weighted by Crippen LogP contribution is -2.44. The van der Waals surface area contributed by atoms with Crippen LogP contribution in [0.4, 0.5) is 0 Å². The van der Waals surface area contributed by atoms with E-state index >= 15 is 0 Å². The average Bonchev–Trinajstić information content (AvgIpc) is 3.57. The Kier molecular flexibility index (Phi) is 65.2. The van der Waals surface area contributed by atoms with E-state index in [1.165, 1.54) is 193 Å². The molecule has 0 aliphatic heterocycles. The zero-order valence-corrected chi connectivity index (χ0v) is 57.4. The minimum Gasteiger partial charge on any atom is -0.545 e. The van der Waals surface area contributed by atoms with Crippen LogP contribution in [-0.4, -0.2) is 82.3 Å². The molecular formula is C78H137NO8. The summed E-state index contributed by atoms with van der Waals surface area (Å²) in [6.07, 6.45) is 90.8. The van der Waals surface area contributed by atoms with Crippen molar-refractivity contribution in [2.75, 3.05) is 47.5 Å². The zero-order valence-electron chi connectivity index (χ0n) is 57.4. The second kappa shape index (κ2) is 68.1. The summed E-state index contributed by atoms with van der Waals surface area (Å²) < 4.78 is 22.8. The van der Waals surface area contributed by atoms with E-state index in [1.807, 2.05) is 21.1 Å². The molecule has 0 bridgehead atoms. The van der Waals surface area contributed by atoms with E-state index < -0.39 is 24.3 Å². The number of aliphatic carboxylic acids is 1. The normalized spacial score (nSPS) is 13.3. The highest BCUT2D eigenvalue weighted by Crippen LogP contribution is 2.18. The number of carboxylic acid groups (broad SMARTS) is 1. The molecule has 0 aliphatic carbocycles. The van der Waals surface area contributed by atoms with Gasteiger partial charge in [-0.1, -0.05) is 329 Å². The van der Waals surface area contributed by atoms with Crippen molar-refractivity contribution in [3.63, 3.8) is 0 Å². The van der Waals surface area contributed by atoms with Crippen LogP contribution in [0.25, 0.3) is 0 Å². The largest absolute Gasteiger partial charge is 0.545 e. The molecule has 0 saturated heterocycles.